The molecule has 0 aliphatic rings. The third-order valence-corrected chi connectivity index (χ3v) is 3.97. The van der Waals surface area contributed by atoms with Crippen molar-refractivity contribution in [2.75, 3.05) is 4.90 Å². The summed E-state index contributed by atoms with van der Waals surface area (Å²) in [6.45, 7) is 0. The number of phenolic OH excluding ortho intramolecular Hbond substituents is 1. The second kappa shape index (κ2) is 5.76. The van der Waals surface area contributed by atoms with Gasteiger partial charge in [-0.15, -0.1) is 0 Å². The number of aromatic nitrogens is 1. The Labute approximate surface area is 130 Å². The van der Waals surface area contributed by atoms with Gasteiger partial charge >= 0.3 is 0 Å². The molecule has 0 atom stereocenters. The van der Waals surface area contributed by atoms with Crippen LogP contribution in [0.4, 0.5) is 16.4 Å². The molecule has 5 nitrogen and oxygen atoms in total. The molecule has 3 rings (SSSR count). The van der Waals surface area contributed by atoms with Crippen LogP contribution in [0.5, 0.6) is 5.75 Å². The van der Waals surface area contributed by atoms with E-state index in [4.69, 9.17) is 0 Å². The van der Waals surface area contributed by atoms with E-state index in [1.807, 2.05) is 36.4 Å². The van der Waals surface area contributed by atoms with E-state index >= 15 is 0 Å². The van der Waals surface area contributed by atoms with E-state index in [1.54, 1.807) is 29.2 Å². The maximum absolute atomic E-state index is 11.8. The molecule has 108 valence electrons. The predicted molar refractivity (Wildman–Crippen MR) is 86.0 cm³/mol. The maximum Gasteiger partial charge on any atom is 0.278 e. The highest BCUT2D eigenvalue weighted by Gasteiger charge is 2.20. The summed E-state index contributed by atoms with van der Waals surface area (Å²) >= 11 is 1.09. The quantitative estimate of drug-likeness (QED) is 0.776. The van der Waals surface area contributed by atoms with Gasteiger partial charge in [0.1, 0.15) is 16.8 Å². The fraction of sp³-hybridized carbons (Fsp3) is 0. The number of rotatable bonds is 3. The van der Waals surface area contributed by atoms with Crippen LogP contribution in [-0.2, 0) is 0 Å². The molecular weight excluding hydrogens is 298 g/mol. The van der Waals surface area contributed by atoms with Gasteiger partial charge in [-0.3, -0.25) is 14.1 Å². The highest BCUT2D eigenvalue weighted by molar-refractivity contribution is 7.10. The zero-order valence-electron chi connectivity index (χ0n) is 11.4. The van der Waals surface area contributed by atoms with Gasteiger partial charge in [0.25, 0.3) is 5.56 Å². The summed E-state index contributed by atoms with van der Waals surface area (Å²) in [6, 6.07) is 18.0. The summed E-state index contributed by atoms with van der Waals surface area (Å²) in [6.07, 6.45) is 0. The van der Waals surface area contributed by atoms with Gasteiger partial charge in [0.05, 0.1) is 5.69 Å². The largest absolute Gasteiger partial charge is 0.508 e. The fourth-order valence-electron chi connectivity index (χ4n) is 2.14. The topological polar surface area (TPSA) is 80.1 Å². The molecule has 0 bridgehead atoms. The minimum atomic E-state index is -0.413. The van der Waals surface area contributed by atoms with Crippen LogP contribution < -0.4 is 10.5 Å². The van der Waals surface area contributed by atoms with E-state index < -0.39 is 5.56 Å². The normalized spacial score (nSPS) is 10.1. The van der Waals surface area contributed by atoms with Crippen LogP contribution in [0, 0.1) is 11.3 Å². The minimum Gasteiger partial charge on any atom is -0.508 e. The van der Waals surface area contributed by atoms with E-state index in [2.05, 4.69) is 4.37 Å². The number of phenols is 1. The Morgan fingerprint density at radius 3 is 2.50 bits per heavy atom. The highest BCUT2D eigenvalue weighted by Crippen LogP contribution is 2.38. The summed E-state index contributed by atoms with van der Waals surface area (Å²) in [5.41, 5.74) is 1.10. The predicted octanol–water partition coefficient (Wildman–Crippen LogP) is 3.48. The Morgan fingerprint density at radius 2 is 1.82 bits per heavy atom. The first kappa shape index (κ1) is 13.9. The first-order valence-electron chi connectivity index (χ1n) is 6.46. The van der Waals surface area contributed by atoms with Gasteiger partial charge < -0.3 is 5.11 Å². The van der Waals surface area contributed by atoms with Crippen molar-refractivity contribution in [2.45, 2.75) is 0 Å². The number of hydrogen-bond donors (Lipinski definition) is 2. The summed E-state index contributed by atoms with van der Waals surface area (Å²) < 4.78 is 2.58. The number of H-pyrrole nitrogens is 1. The molecule has 22 heavy (non-hydrogen) atoms. The molecular formula is C16H11N3O2S. The van der Waals surface area contributed by atoms with Crippen molar-refractivity contribution in [3.8, 4) is 11.8 Å². The van der Waals surface area contributed by atoms with E-state index in [9.17, 15) is 15.2 Å². The Bertz CT molecular complexity index is 893. The van der Waals surface area contributed by atoms with Crippen molar-refractivity contribution in [3.05, 3.63) is 70.5 Å². The molecule has 0 aliphatic heterocycles. The van der Waals surface area contributed by atoms with Crippen LogP contribution in [0.3, 0.4) is 0 Å². The van der Waals surface area contributed by atoms with Gasteiger partial charge in [-0.05, 0) is 35.8 Å². The van der Waals surface area contributed by atoms with Crippen LogP contribution in [0.25, 0.3) is 0 Å². The van der Waals surface area contributed by atoms with Gasteiger partial charge in [0.2, 0.25) is 0 Å². The number of nitriles is 1. The second-order valence-electron chi connectivity index (χ2n) is 4.52. The number of nitrogens with zero attached hydrogens (tertiary/aromatic N) is 2. The summed E-state index contributed by atoms with van der Waals surface area (Å²) in [4.78, 5) is 13.5. The molecule has 0 saturated heterocycles. The van der Waals surface area contributed by atoms with Crippen molar-refractivity contribution in [3.63, 3.8) is 0 Å². The van der Waals surface area contributed by atoms with Crippen LogP contribution in [0.2, 0.25) is 0 Å². The molecule has 1 heterocycles. The number of benzene rings is 2. The monoisotopic (exact) mass is 309 g/mol. The summed E-state index contributed by atoms with van der Waals surface area (Å²) in [5, 5.41) is 19.5. The molecule has 2 N–H and O–H groups in total. The van der Waals surface area contributed by atoms with Crippen LogP contribution in [0.15, 0.2) is 59.4 Å². The molecule has 2 aromatic carbocycles. The molecule has 0 fully saturated rings. The van der Waals surface area contributed by atoms with Crippen LogP contribution in [0.1, 0.15) is 5.56 Å². The Hall–Kier alpha value is -3.04. The van der Waals surface area contributed by atoms with E-state index in [-0.39, 0.29) is 11.3 Å². The van der Waals surface area contributed by atoms with Gasteiger partial charge in [-0.1, -0.05) is 24.3 Å². The number of anilines is 3. The molecule has 0 amide bonds. The lowest BCUT2D eigenvalue weighted by Gasteiger charge is -2.23. The molecule has 6 heteroatoms. The third-order valence-electron chi connectivity index (χ3n) is 3.10. The van der Waals surface area contributed by atoms with E-state index in [0.29, 0.717) is 10.7 Å². The van der Waals surface area contributed by atoms with Crippen molar-refractivity contribution in [1.82, 2.24) is 4.37 Å². The number of para-hydroxylation sites is 1. The van der Waals surface area contributed by atoms with Crippen molar-refractivity contribution < 1.29 is 5.11 Å². The number of hydrogen-bond acceptors (Lipinski definition) is 5. The zero-order chi connectivity index (χ0) is 15.5. The highest BCUT2D eigenvalue weighted by atomic mass is 32.1. The van der Waals surface area contributed by atoms with E-state index in [0.717, 1.165) is 17.2 Å². The van der Waals surface area contributed by atoms with Crippen molar-refractivity contribution in [2.24, 2.45) is 0 Å². The molecule has 1 aromatic heterocycles. The Kier molecular flexibility index (Phi) is 3.64. The zero-order valence-corrected chi connectivity index (χ0v) is 12.2. The lowest BCUT2D eigenvalue weighted by molar-refractivity contribution is 0.475. The van der Waals surface area contributed by atoms with Crippen LogP contribution in [-0.4, -0.2) is 9.48 Å². The van der Waals surface area contributed by atoms with Gasteiger partial charge in [-0.2, -0.15) is 5.26 Å². The molecule has 3 aromatic rings. The van der Waals surface area contributed by atoms with Crippen LogP contribution >= 0.6 is 11.5 Å². The van der Waals surface area contributed by atoms with Crippen molar-refractivity contribution >= 4 is 27.9 Å². The average molecular weight is 309 g/mol. The lowest BCUT2D eigenvalue weighted by Crippen LogP contribution is -2.12. The van der Waals surface area contributed by atoms with E-state index in [1.165, 1.54) is 0 Å². The molecule has 0 saturated carbocycles. The first-order chi connectivity index (χ1) is 10.7. The summed E-state index contributed by atoms with van der Waals surface area (Å²) in [5.74, 6) is 0.111. The Balaban J connectivity index is 2.24. The summed E-state index contributed by atoms with van der Waals surface area (Å²) in [7, 11) is 0. The third kappa shape index (κ3) is 2.45. The molecule has 0 aliphatic carbocycles. The molecule has 0 unspecified atom stereocenters. The number of aromatic hydroxyl groups is 1. The first-order valence-corrected chi connectivity index (χ1v) is 7.28. The van der Waals surface area contributed by atoms with Crippen molar-refractivity contribution in [1.29, 1.82) is 5.26 Å². The van der Waals surface area contributed by atoms with Gasteiger partial charge in [0.15, 0.2) is 5.56 Å². The second-order valence-corrected chi connectivity index (χ2v) is 5.31. The maximum atomic E-state index is 11.8. The molecule has 0 radical (unpaired) electrons. The SMILES string of the molecule is N#Cc1c(N(c2ccccc2)c2cccc(O)c2)s[nH]c1=O. The average Bonchev–Trinajstić information content (AvgIpc) is 2.89. The fourth-order valence-corrected chi connectivity index (χ4v) is 2.98. The molecule has 0 spiro atoms. The standard InChI is InChI=1S/C16H11N3O2S/c17-10-14-15(21)18-22-16(14)19(11-5-2-1-3-6-11)12-7-4-8-13(20)9-12/h1-9,20H,(H,18,21). The Morgan fingerprint density at radius 1 is 1.09 bits per heavy atom. The van der Waals surface area contributed by atoms with Gasteiger partial charge in [0, 0.05) is 11.8 Å². The number of nitrogens with one attached hydrogen (secondary N) is 1. The smallest absolute Gasteiger partial charge is 0.278 e. The van der Waals surface area contributed by atoms with Gasteiger partial charge in [-0.25, -0.2) is 0 Å². The number of aromatic amines is 1. The lowest BCUT2D eigenvalue weighted by atomic mass is 10.2. The minimum absolute atomic E-state index is 0.0530.